The van der Waals surface area contributed by atoms with E-state index >= 15 is 0 Å². The number of carbonyl (C=O) groups excluding carboxylic acids is 1. The first kappa shape index (κ1) is 14.1. The molecule has 6 heteroatoms. The number of imidazole rings is 1. The van der Waals surface area contributed by atoms with Crippen LogP contribution in [0, 0.1) is 0 Å². The molecule has 0 saturated heterocycles. The Morgan fingerprint density at radius 3 is 2.90 bits per heavy atom. The SMILES string of the molecule is O=C(Cn1cnc2ccccc21)Nc1ccc(Br)c(Cl)c1. The molecule has 4 nitrogen and oxygen atoms in total. The lowest BCUT2D eigenvalue weighted by Gasteiger charge is -2.07. The molecular weight excluding hydrogens is 354 g/mol. The smallest absolute Gasteiger partial charge is 0.244 e. The Balaban J connectivity index is 1.75. The third-order valence-electron chi connectivity index (χ3n) is 3.04. The Hall–Kier alpha value is -1.85. The molecule has 1 aromatic heterocycles. The number of hydrogen-bond donors (Lipinski definition) is 1. The molecule has 3 rings (SSSR count). The molecule has 1 amide bonds. The lowest BCUT2D eigenvalue weighted by Crippen LogP contribution is -2.18. The molecule has 0 aliphatic rings. The molecule has 0 fully saturated rings. The average Bonchev–Trinajstić information content (AvgIpc) is 2.86. The van der Waals surface area contributed by atoms with Crippen LogP contribution in [0.3, 0.4) is 0 Å². The minimum absolute atomic E-state index is 0.128. The van der Waals surface area contributed by atoms with Crippen molar-refractivity contribution in [3.8, 4) is 0 Å². The summed E-state index contributed by atoms with van der Waals surface area (Å²) in [4.78, 5) is 16.4. The minimum atomic E-state index is -0.128. The topological polar surface area (TPSA) is 46.9 Å². The molecular formula is C15H11BrClN3O. The zero-order valence-corrected chi connectivity index (χ0v) is 13.2. The Morgan fingerprint density at radius 2 is 2.10 bits per heavy atom. The van der Waals surface area contributed by atoms with Crippen LogP contribution in [-0.2, 0) is 11.3 Å². The molecule has 0 saturated carbocycles. The summed E-state index contributed by atoms with van der Waals surface area (Å²) >= 11 is 9.32. The summed E-state index contributed by atoms with van der Waals surface area (Å²) in [6.45, 7) is 0.203. The maximum absolute atomic E-state index is 12.1. The third-order valence-corrected chi connectivity index (χ3v) is 4.28. The van der Waals surface area contributed by atoms with Crippen LogP contribution >= 0.6 is 27.5 Å². The van der Waals surface area contributed by atoms with Crippen molar-refractivity contribution in [3.05, 3.63) is 58.3 Å². The van der Waals surface area contributed by atoms with Crippen LogP contribution in [0.5, 0.6) is 0 Å². The zero-order chi connectivity index (χ0) is 14.8. The van der Waals surface area contributed by atoms with Gasteiger partial charge in [0.05, 0.1) is 22.4 Å². The predicted octanol–water partition coefficient (Wildman–Crippen LogP) is 4.09. The lowest BCUT2D eigenvalue weighted by molar-refractivity contribution is -0.116. The van der Waals surface area contributed by atoms with Gasteiger partial charge in [-0.15, -0.1) is 0 Å². The van der Waals surface area contributed by atoms with Crippen molar-refractivity contribution in [2.24, 2.45) is 0 Å². The van der Waals surface area contributed by atoms with Crippen molar-refractivity contribution in [3.63, 3.8) is 0 Å². The lowest BCUT2D eigenvalue weighted by atomic mass is 10.3. The molecule has 0 bridgehead atoms. The second-order valence-electron chi connectivity index (χ2n) is 4.54. The van der Waals surface area contributed by atoms with Crippen LogP contribution in [0.4, 0.5) is 5.69 Å². The summed E-state index contributed by atoms with van der Waals surface area (Å²) in [5.41, 5.74) is 2.47. The van der Waals surface area contributed by atoms with Gasteiger partial charge in [0, 0.05) is 10.2 Å². The van der Waals surface area contributed by atoms with Crippen molar-refractivity contribution >= 4 is 50.2 Å². The molecule has 0 radical (unpaired) electrons. The number of benzene rings is 2. The maximum Gasteiger partial charge on any atom is 0.244 e. The van der Waals surface area contributed by atoms with Crippen molar-refractivity contribution < 1.29 is 4.79 Å². The summed E-state index contributed by atoms with van der Waals surface area (Å²) in [6, 6.07) is 13.0. The monoisotopic (exact) mass is 363 g/mol. The van der Waals surface area contributed by atoms with E-state index in [-0.39, 0.29) is 12.5 Å². The molecule has 0 aliphatic heterocycles. The second kappa shape index (κ2) is 5.87. The Bertz CT molecular complexity index is 816. The number of carbonyl (C=O) groups is 1. The van der Waals surface area contributed by atoms with Crippen molar-refractivity contribution in [1.82, 2.24) is 9.55 Å². The van der Waals surface area contributed by atoms with E-state index in [0.717, 1.165) is 15.5 Å². The number of rotatable bonds is 3. The van der Waals surface area contributed by atoms with Crippen LogP contribution in [-0.4, -0.2) is 15.5 Å². The van der Waals surface area contributed by atoms with E-state index in [4.69, 9.17) is 11.6 Å². The van der Waals surface area contributed by atoms with Gasteiger partial charge in [-0.1, -0.05) is 23.7 Å². The number of amides is 1. The molecule has 0 atom stereocenters. The van der Waals surface area contributed by atoms with Gasteiger partial charge < -0.3 is 9.88 Å². The summed E-state index contributed by atoms with van der Waals surface area (Å²) in [6.07, 6.45) is 1.67. The number of aromatic nitrogens is 2. The minimum Gasteiger partial charge on any atom is -0.324 e. The van der Waals surface area contributed by atoms with Crippen LogP contribution < -0.4 is 5.32 Å². The number of hydrogen-bond acceptors (Lipinski definition) is 2. The van der Waals surface area contributed by atoms with E-state index in [1.165, 1.54) is 0 Å². The van der Waals surface area contributed by atoms with Crippen molar-refractivity contribution in [2.45, 2.75) is 6.54 Å². The number of halogens is 2. The van der Waals surface area contributed by atoms with Gasteiger partial charge in [-0.05, 0) is 46.3 Å². The first-order valence-corrected chi connectivity index (χ1v) is 7.45. The highest BCUT2D eigenvalue weighted by Gasteiger charge is 2.08. The molecule has 3 aromatic rings. The standard InChI is InChI=1S/C15H11BrClN3O/c16-11-6-5-10(7-12(11)17)19-15(21)8-20-9-18-13-3-1-2-4-14(13)20/h1-7,9H,8H2,(H,19,21). The van der Waals surface area contributed by atoms with Crippen LogP contribution in [0.15, 0.2) is 53.3 Å². The summed E-state index contributed by atoms with van der Waals surface area (Å²) in [5, 5.41) is 3.38. The van der Waals surface area contributed by atoms with E-state index in [2.05, 4.69) is 26.2 Å². The van der Waals surface area contributed by atoms with Gasteiger partial charge in [0.25, 0.3) is 0 Å². The Kier molecular flexibility index (Phi) is 3.94. The van der Waals surface area contributed by atoms with Crippen LogP contribution in [0.25, 0.3) is 11.0 Å². The summed E-state index contributed by atoms with van der Waals surface area (Å²) in [5.74, 6) is -0.128. The quantitative estimate of drug-likeness (QED) is 0.761. The zero-order valence-electron chi connectivity index (χ0n) is 10.9. The second-order valence-corrected chi connectivity index (χ2v) is 5.80. The highest BCUT2D eigenvalue weighted by molar-refractivity contribution is 9.10. The van der Waals surface area contributed by atoms with Crippen molar-refractivity contribution in [1.29, 1.82) is 0 Å². The molecule has 1 heterocycles. The van der Waals surface area contributed by atoms with Gasteiger partial charge in [0.15, 0.2) is 0 Å². The first-order valence-electron chi connectivity index (χ1n) is 6.28. The largest absolute Gasteiger partial charge is 0.324 e. The molecule has 21 heavy (non-hydrogen) atoms. The Labute approximate surface area is 134 Å². The fourth-order valence-corrected chi connectivity index (χ4v) is 2.49. The number of para-hydroxylation sites is 2. The normalized spacial score (nSPS) is 10.8. The van der Waals surface area contributed by atoms with Gasteiger partial charge in [0.2, 0.25) is 5.91 Å². The maximum atomic E-state index is 12.1. The van der Waals surface area contributed by atoms with Gasteiger partial charge in [-0.25, -0.2) is 4.98 Å². The van der Waals surface area contributed by atoms with E-state index in [1.807, 2.05) is 28.8 Å². The van der Waals surface area contributed by atoms with Gasteiger partial charge in [-0.3, -0.25) is 4.79 Å². The van der Waals surface area contributed by atoms with Crippen molar-refractivity contribution in [2.75, 3.05) is 5.32 Å². The van der Waals surface area contributed by atoms with Crippen LogP contribution in [0.2, 0.25) is 5.02 Å². The van der Waals surface area contributed by atoms with E-state index in [1.54, 1.807) is 24.5 Å². The van der Waals surface area contributed by atoms with Gasteiger partial charge in [-0.2, -0.15) is 0 Å². The third kappa shape index (κ3) is 3.09. The van der Waals surface area contributed by atoms with Gasteiger partial charge in [0.1, 0.15) is 6.54 Å². The van der Waals surface area contributed by atoms with E-state index in [9.17, 15) is 4.79 Å². The predicted molar refractivity (Wildman–Crippen MR) is 87.5 cm³/mol. The van der Waals surface area contributed by atoms with E-state index in [0.29, 0.717) is 10.7 Å². The molecule has 2 aromatic carbocycles. The molecule has 106 valence electrons. The number of nitrogens with one attached hydrogen (secondary N) is 1. The Morgan fingerprint density at radius 1 is 1.29 bits per heavy atom. The van der Waals surface area contributed by atoms with Gasteiger partial charge >= 0.3 is 0 Å². The number of anilines is 1. The average molecular weight is 365 g/mol. The van der Waals surface area contributed by atoms with E-state index < -0.39 is 0 Å². The molecule has 0 unspecified atom stereocenters. The highest BCUT2D eigenvalue weighted by Crippen LogP contribution is 2.25. The number of nitrogens with zero attached hydrogens (tertiary/aromatic N) is 2. The fourth-order valence-electron chi connectivity index (χ4n) is 2.07. The highest BCUT2D eigenvalue weighted by atomic mass is 79.9. The number of fused-ring (bicyclic) bond motifs is 1. The molecule has 1 N–H and O–H groups in total. The van der Waals surface area contributed by atoms with Crippen LogP contribution in [0.1, 0.15) is 0 Å². The summed E-state index contributed by atoms with van der Waals surface area (Å²) in [7, 11) is 0. The first-order chi connectivity index (χ1) is 10.1. The molecule has 0 aliphatic carbocycles. The molecule has 0 spiro atoms. The summed E-state index contributed by atoms with van der Waals surface area (Å²) < 4.78 is 2.60. The fraction of sp³-hybridized carbons (Fsp3) is 0.0667.